The van der Waals surface area contributed by atoms with Gasteiger partial charge in [-0.25, -0.2) is 4.79 Å². The summed E-state index contributed by atoms with van der Waals surface area (Å²) in [5.41, 5.74) is 1.68. The van der Waals surface area contributed by atoms with E-state index in [4.69, 9.17) is 37.4 Å². The van der Waals surface area contributed by atoms with Crippen molar-refractivity contribution in [2.75, 3.05) is 26.1 Å². The summed E-state index contributed by atoms with van der Waals surface area (Å²) in [6, 6.07) is 8.21. The summed E-state index contributed by atoms with van der Waals surface area (Å²) in [5.74, 6) is 0.0451. The van der Waals surface area contributed by atoms with Gasteiger partial charge in [-0.15, -0.1) is 0 Å². The minimum absolute atomic E-state index is 0.177. The van der Waals surface area contributed by atoms with Gasteiger partial charge in [0.05, 0.1) is 25.8 Å². The molecule has 0 unspecified atom stereocenters. The highest BCUT2D eigenvalue weighted by Gasteiger charge is 2.20. The fourth-order valence-electron chi connectivity index (χ4n) is 3.06. The number of aromatic amines is 1. The molecule has 0 radical (unpaired) electrons. The first kappa shape index (κ1) is 22.5. The second-order valence-corrected chi connectivity index (χ2v) is 7.18. The van der Waals surface area contributed by atoms with E-state index in [1.807, 2.05) is 0 Å². The summed E-state index contributed by atoms with van der Waals surface area (Å²) in [5, 5.41) is 4.05. The highest BCUT2D eigenvalue weighted by Crippen LogP contribution is 2.34. The molecule has 162 valence electrons. The van der Waals surface area contributed by atoms with E-state index in [0.29, 0.717) is 43.7 Å². The van der Waals surface area contributed by atoms with Crippen molar-refractivity contribution < 1.29 is 23.8 Å². The monoisotopic (exact) mass is 462 g/mol. The number of carbonyl (C=O) groups excluding carboxylic acids is 2. The quantitative estimate of drug-likeness (QED) is 0.366. The zero-order valence-electron chi connectivity index (χ0n) is 17.0. The number of halogens is 2. The van der Waals surface area contributed by atoms with Crippen LogP contribution in [0.25, 0.3) is 17.0 Å². The van der Waals surface area contributed by atoms with Gasteiger partial charge < -0.3 is 24.5 Å². The number of H-pyrrole nitrogens is 1. The van der Waals surface area contributed by atoms with E-state index in [-0.39, 0.29) is 12.3 Å². The van der Waals surface area contributed by atoms with Gasteiger partial charge in [0.1, 0.15) is 5.69 Å². The largest absolute Gasteiger partial charge is 0.493 e. The molecule has 0 atom stereocenters. The zero-order chi connectivity index (χ0) is 22.5. The van der Waals surface area contributed by atoms with Crippen LogP contribution in [0.5, 0.6) is 11.5 Å². The summed E-state index contributed by atoms with van der Waals surface area (Å²) in [6.07, 6.45) is 2.80. The zero-order valence-corrected chi connectivity index (χ0v) is 18.6. The van der Waals surface area contributed by atoms with Crippen molar-refractivity contribution in [3.8, 4) is 11.5 Å². The number of benzene rings is 2. The SMILES string of the molecule is CCOC(=O)c1[nH]c2cc(Cl)cc(Cl)c2c1C=CC(=O)Nc1ccc(OC)c(OC)c1. The Bertz CT molecular complexity index is 1170. The second-order valence-electron chi connectivity index (χ2n) is 6.34. The van der Waals surface area contributed by atoms with Crippen LogP contribution in [0.1, 0.15) is 23.0 Å². The molecule has 0 aliphatic rings. The lowest BCUT2D eigenvalue weighted by Gasteiger charge is -2.09. The maximum Gasteiger partial charge on any atom is 0.355 e. The third-order valence-corrected chi connectivity index (χ3v) is 4.90. The molecular weight excluding hydrogens is 443 g/mol. The molecule has 3 aromatic rings. The standard InChI is InChI=1S/C22H20Cl2N2O5/c1-4-31-22(28)21-14(20-15(24)9-12(23)10-16(20)26-21)6-8-19(27)25-13-5-7-17(29-2)18(11-13)30-3/h5-11,26H,4H2,1-3H3,(H,25,27). The van der Waals surface area contributed by atoms with Crippen molar-refractivity contribution in [1.29, 1.82) is 0 Å². The number of ether oxygens (including phenoxy) is 3. The molecule has 2 aromatic carbocycles. The fraction of sp³-hybridized carbons (Fsp3) is 0.182. The Morgan fingerprint density at radius 3 is 2.52 bits per heavy atom. The first-order chi connectivity index (χ1) is 14.9. The number of rotatable bonds is 7. The van der Waals surface area contributed by atoms with E-state index in [1.54, 1.807) is 37.3 Å². The third kappa shape index (κ3) is 4.95. The van der Waals surface area contributed by atoms with Crippen molar-refractivity contribution in [2.45, 2.75) is 6.92 Å². The number of carbonyl (C=O) groups is 2. The number of hydrogen-bond acceptors (Lipinski definition) is 5. The Morgan fingerprint density at radius 1 is 1.10 bits per heavy atom. The molecule has 1 amide bonds. The topological polar surface area (TPSA) is 89.7 Å². The predicted molar refractivity (Wildman–Crippen MR) is 121 cm³/mol. The highest BCUT2D eigenvalue weighted by atomic mass is 35.5. The molecule has 2 N–H and O–H groups in total. The lowest BCUT2D eigenvalue weighted by atomic mass is 10.1. The lowest BCUT2D eigenvalue weighted by Crippen LogP contribution is -2.09. The van der Waals surface area contributed by atoms with Gasteiger partial charge in [-0.2, -0.15) is 0 Å². The molecule has 0 spiro atoms. The van der Waals surface area contributed by atoms with Crippen LogP contribution in [0.4, 0.5) is 5.69 Å². The number of esters is 1. The molecule has 1 heterocycles. The van der Waals surface area contributed by atoms with Gasteiger partial charge in [-0.3, -0.25) is 4.79 Å². The smallest absolute Gasteiger partial charge is 0.355 e. The van der Waals surface area contributed by atoms with Gasteiger partial charge in [0, 0.05) is 39.3 Å². The summed E-state index contributed by atoms with van der Waals surface area (Å²) >= 11 is 12.4. The molecule has 7 nitrogen and oxygen atoms in total. The van der Waals surface area contributed by atoms with Gasteiger partial charge >= 0.3 is 5.97 Å². The van der Waals surface area contributed by atoms with Gasteiger partial charge in [0.2, 0.25) is 5.91 Å². The number of aromatic nitrogens is 1. The van der Waals surface area contributed by atoms with Crippen molar-refractivity contribution in [2.24, 2.45) is 0 Å². The Labute approximate surface area is 188 Å². The van der Waals surface area contributed by atoms with Crippen LogP contribution in [-0.2, 0) is 9.53 Å². The number of amides is 1. The minimum atomic E-state index is -0.564. The lowest BCUT2D eigenvalue weighted by molar-refractivity contribution is -0.111. The molecule has 3 rings (SSSR count). The molecular formula is C22H20Cl2N2O5. The van der Waals surface area contributed by atoms with Crippen molar-refractivity contribution >= 4 is 57.7 Å². The summed E-state index contributed by atoms with van der Waals surface area (Å²) in [6.45, 7) is 1.90. The van der Waals surface area contributed by atoms with Crippen LogP contribution >= 0.6 is 23.2 Å². The van der Waals surface area contributed by atoms with Crippen LogP contribution in [0.2, 0.25) is 10.0 Å². The van der Waals surface area contributed by atoms with Gasteiger partial charge in [0.15, 0.2) is 11.5 Å². The third-order valence-electron chi connectivity index (χ3n) is 4.39. The molecule has 31 heavy (non-hydrogen) atoms. The molecule has 0 saturated heterocycles. The minimum Gasteiger partial charge on any atom is -0.493 e. The Morgan fingerprint density at radius 2 is 1.84 bits per heavy atom. The number of fused-ring (bicyclic) bond motifs is 1. The maximum atomic E-state index is 12.5. The Balaban J connectivity index is 1.93. The van der Waals surface area contributed by atoms with Crippen LogP contribution in [0.15, 0.2) is 36.4 Å². The first-order valence-corrected chi connectivity index (χ1v) is 10.0. The van der Waals surface area contributed by atoms with E-state index in [2.05, 4.69) is 10.3 Å². The van der Waals surface area contributed by atoms with Crippen LogP contribution < -0.4 is 14.8 Å². The average molecular weight is 463 g/mol. The average Bonchev–Trinajstić information content (AvgIpc) is 3.11. The first-order valence-electron chi connectivity index (χ1n) is 9.26. The molecule has 9 heteroatoms. The fourth-order valence-corrected chi connectivity index (χ4v) is 3.66. The molecule has 0 aliphatic heterocycles. The van der Waals surface area contributed by atoms with Crippen molar-refractivity contribution in [3.63, 3.8) is 0 Å². The van der Waals surface area contributed by atoms with E-state index in [0.717, 1.165) is 0 Å². The highest BCUT2D eigenvalue weighted by molar-refractivity contribution is 6.39. The molecule has 0 aliphatic carbocycles. The molecule has 1 aromatic heterocycles. The molecule has 0 fully saturated rings. The van der Waals surface area contributed by atoms with Crippen LogP contribution in [-0.4, -0.2) is 37.7 Å². The van der Waals surface area contributed by atoms with Gasteiger partial charge in [-0.1, -0.05) is 23.2 Å². The summed E-state index contributed by atoms with van der Waals surface area (Å²) < 4.78 is 15.5. The normalized spacial score (nSPS) is 11.0. The van der Waals surface area contributed by atoms with Crippen molar-refractivity contribution in [1.82, 2.24) is 4.98 Å². The predicted octanol–water partition coefficient (Wildman–Crippen LogP) is 5.32. The summed E-state index contributed by atoms with van der Waals surface area (Å²) in [7, 11) is 3.03. The number of methoxy groups -OCH3 is 2. The van der Waals surface area contributed by atoms with E-state index < -0.39 is 11.9 Å². The van der Waals surface area contributed by atoms with E-state index in [9.17, 15) is 9.59 Å². The van der Waals surface area contributed by atoms with E-state index in [1.165, 1.54) is 26.4 Å². The van der Waals surface area contributed by atoms with Gasteiger partial charge in [0.25, 0.3) is 0 Å². The molecule has 0 saturated carbocycles. The maximum absolute atomic E-state index is 12.5. The van der Waals surface area contributed by atoms with E-state index >= 15 is 0 Å². The van der Waals surface area contributed by atoms with Crippen molar-refractivity contribution in [3.05, 3.63) is 57.7 Å². The van der Waals surface area contributed by atoms with Crippen LogP contribution in [0, 0.1) is 0 Å². The number of anilines is 1. The second kappa shape index (κ2) is 9.76. The Kier molecular flexibility index (Phi) is 7.09. The Hall–Kier alpha value is -3.16. The number of nitrogens with one attached hydrogen (secondary N) is 2. The van der Waals surface area contributed by atoms with Gasteiger partial charge in [-0.05, 0) is 37.3 Å². The number of hydrogen-bond donors (Lipinski definition) is 2. The summed E-state index contributed by atoms with van der Waals surface area (Å²) in [4.78, 5) is 27.9. The molecule has 0 bridgehead atoms. The van der Waals surface area contributed by atoms with Crippen LogP contribution in [0.3, 0.4) is 0 Å².